The first-order valence-electron chi connectivity index (χ1n) is 8.59. The van der Waals surface area contributed by atoms with Crippen LogP contribution in [-0.2, 0) is 29.2 Å². The van der Waals surface area contributed by atoms with Crippen molar-refractivity contribution in [3.8, 4) is 0 Å². The number of carbonyl (C=O) groups is 1. The van der Waals surface area contributed by atoms with E-state index in [4.69, 9.17) is 4.52 Å². The maximum atomic E-state index is 12.4. The quantitative estimate of drug-likeness (QED) is 0.884. The molecular formula is C16H25N3O4S. The minimum Gasteiger partial charge on any atom is -0.361 e. The fourth-order valence-electron chi connectivity index (χ4n) is 3.67. The molecule has 24 heavy (non-hydrogen) atoms. The van der Waals surface area contributed by atoms with Gasteiger partial charge in [0.25, 0.3) is 0 Å². The number of hydrogen-bond acceptors (Lipinski definition) is 5. The minimum absolute atomic E-state index is 0.0271. The van der Waals surface area contributed by atoms with E-state index in [9.17, 15) is 13.2 Å². The summed E-state index contributed by atoms with van der Waals surface area (Å²) in [5, 5.41) is 6.99. The van der Waals surface area contributed by atoms with Crippen LogP contribution in [0, 0.1) is 5.92 Å². The van der Waals surface area contributed by atoms with E-state index in [-0.39, 0.29) is 17.7 Å². The van der Waals surface area contributed by atoms with E-state index in [1.165, 1.54) is 6.26 Å². The third kappa shape index (κ3) is 4.28. The van der Waals surface area contributed by atoms with Crippen LogP contribution in [0.5, 0.6) is 0 Å². The summed E-state index contributed by atoms with van der Waals surface area (Å²) < 4.78 is 28.3. The molecule has 0 saturated carbocycles. The Morgan fingerprint density at radius 2 is 2.12 bits per heavy atom. The summed E-state index contributed by atoms with van der Waals surface area (Å²) in [7, 11) is -3.01. The molecule has 1 unspecified atom stereocenters. The normalized spacial score (nSPS) is 21.4. The fourth-order valence-corrected chi connectivity index (χ4v) is 4.80. The van der Waals surface area contributed by atoms with Crippen LogP contribution in [0.4, 0.5) is 4.79 Å². The lowest BCUT2D eigenvalue weighted by molar-refractivity contribution is 0.169. The van der Waals surface area contributed by atoms with Gasteiger partial charge >= 0.3 is 6.03 Å². The number of rotatable bonds is 4. The van der Waals surface area contributed by atoms with Crippen LogP contribution < -0.4 is 5.32 Å². The topological polar surface area (TPSA) is 92.5 Å². The van der Waals surface area contributed by atoms with Crippen molar-refractivity contribution in [2.75, 3.05) is 25.1 Å². The number of carbonyl (C=O) groups excluding carboxylic acids is 1. The predicted molar refractivity (Wildman–Crippen MR) is 89.4 cm³/mol. The number of fused-ring (bicyclic) bond motifs is 1. The van der Waals surface area contributed by atoms with Crippen molar-refractivity contribution in [2.45, 2.75) is 45.1 Å². The van der Waals surface area contributed by atoms with Crippen molar-refractivity contribution in [3.05, 3.63) is 17.0 Å². The van der Waals surface area contributed by atoms with Gasteiger partial charge in [-0.1, -0.05) is 5.16 Å². The molecule has 134 valence electrons. The SMILES string of the molecule is CS(=O)(=O)CC1CCCN(C(=O)NCc2noc3c2CCCC3)C1. The Hall–Kier alpha value is -1.57. The van der Waals surface area contributed by atoms with Crippen LogP contribution in [0.1, 0.15) is 42.7 Å². The van der Waals surface area contributed by atoms with Gasteiger partial charge in [0.1, 0.15) is 21.3 Å². The highest BCUT2D eigenvalue weighted by atomic mass is 32.2. The lowest BCUT2D eigenvalue weighted by Gasteiger charge is -2.32. The first-order chi connectivity index (χ1) is 11.4. The van der Waals surface area contributed by atoms with Crippen molar-refractivity contribution >= 4 is 15.9 Å². The van der Waals surface area contributed by atoms with E-state index in [2.05, 4.69) is 10.5 Å². The number of hydrogen-bond donors (Lipinski definition) is 1. The fraction of sp³-hybridized carbons (Fsp3) is 0.750. The van der Waals surface area contributed by atoms with Gasteiger partial charge in [0.05, 0.1) is 12.3 Å². The standard InChI is InChI=1S/C16H25N3O4S/c1-24(21,22)11-12-5-4-8-19(10-12)16(20)17-9-14-13-6-2-3-7-15(13)23-18-14/h12H,2-11H2,1H3,(H,17,20). The number of likely N-dealkylation sites (tertiary alicyclic amines) is 1. The molecule has 1 aliphatic heterocycles. The van der Waals surface area contributed by atoms with Gasteiger partial charge in [-0.15, -0.1) is 0 Å². The molecule has 1 N–H and O–H groups in total. The molecule has 0 bridgehead atoms. The van der Waals surface area contributed by atoms with Crippen molar-refractivity contribution in [3.63, 3.8) is 0 Å². The monoisotopic (exact) mass is 355 g/mol. The number of sulfone groups is 1. The molecule has 1 aromatic heterocycles. The number of nitrogens with zero attached hydrogens (tertiary/aromatic N) is 2. The number of urea groups is 1. The largest absolute Gasteiger partial charge is 0.361 e. The number of piperidine rings is 1. The van der Waals surface area contributed by atoms with Gasteiger partial charge in [-0.3, -0.25) is 0 Å². The van der Waals surface area contributed by atoms with Crippen molar-refractivity contribution in [2.24, 2.45) is 5.92 Å². The first kappa shape index (κ1) is 17.3. The van der Waals surface area contributed by atoms with Crippen molar-refractivity contribution in [1.29, 1.82) is 0 Å². The summed E-state index contributed by atoms with van der Waals surface area (Å²) in [6.07, 6.45) is 7.10. The number of aromatic nitrogens is 1. The van der Waals surface area contributed by atoms with Crippen molar-refractivity contribution in [1.82, 2.24) is 15.4 Å². The van der Waals surface area contributed by atoms with Gasteiger partial charge in [-0.25, -0.2) is 13.2 Å². The highest BCUT2D eigenvalue weighted by molar-refractivity contribution is 7.90. The summed E-state index contributed by atoms with van der Waals surface area (Å²) in [5.41, 5.74) is 1.97. The Morgan fingerprint density at radius 3 is 2.92 bits per heavy atom. The summed E-state index contributed by atoms with van der Waals surface area (Å²) in [4.78, 5) is 14.1. The van der Waals surface area contributed by atoms with Crippen LogP contribution in [0.3, 0.4) is 0 Å². The second-order valence-electron chi connectivity index (χ2n) is 6.94. The summed E-state index contributed by atoms with van der Waals surface area (Å²) in [6, 6.07) is -0.152. The molecule has 8 heteroatoms. The van der Waals surface area contributed by atoms with Crippen LogP contribution in [-0.4, -0.2) is 49.6 Å². The molecule has 1 fully saturated rings. The van der Waals surface area contributed by atoms with Gasteiger partial charge in [-0.2, -0.15) is 0 Å². The van der Waals surface area contributed by atoms with Crippen LogP contribution in [0.25, 0.3) is 0 Å². The van der Waals surface area contributed by atoms with E-state index in [1.807, 2.05) is 0 Å². The first-order valence-corrected chi connectivity index (χ1v) is 10.7. The molecule has 0 spiro atoms. The second kappa shape index (κ2) is 7.13. The van der Waals surface area contributed by atoms with Gasteiger partial charge in [-0.05, 0) is 38.0 Å². The zero-order chi connectivity index (χ0) is 17.2. The van der Waals surface area contributed by atoms with E-state index in [0.717, 1.165) is 55.5 Å². The highest BCUT2D eigenvalue weighted by Gasteiger charge is 2.26. The number of nitrogens with one attached hydrogen (secondary N) is 1. The van der Waals surface area contributed by atoms with Crippen LogP contribution in [0.2, 0.25) is 0 Å². The van der Waals surface area contributed by atoms with E-state index >= 15 is 0 Å². The third-order valence-corrected chi connectivity index (χ3v) is 5.86. The molecule has 2 amide bonds. The Kier molecular flexibility index (Phi) is 5.12. The lowest BCUT2D eigenvalue weighted by Crippen LogP contribution is -2.46. The average Bonchev–Trinajstić information content (AvgIpc) is 2.94. The maximum absolute atomic E-state index is 12.4. The van der Waals surface area contributed by atoms with Gasteiger partial charge < -0.3 is 14.7 Å². The predicted octanol–water partition coefficient (Wildman–Crippen LogP) is 1.52. The average molecular weight is 355 g/mol. The summed E-state index contributed by atoms with van der Waals surface area (Å²) in [5.74, 6) is 1.13. The summed E-state index contributed by atoms with van der Waals surface area (Å²) >= 11 is 0. The molecule has 1 aliphatic carbocycles. The highest BCUT2D eigenvalue weighted by Crippen LogP contribution is 2.24. The third-order valence-electron chi connectivity index (χ3n) is 4.78. The van der Waals surface area contributed by atoms with Crippen LogP contribution >= 0.6 is 0 Å². The van der Waals surface area contributed by atoms with Gasteiger partial charge in [0.15, 0.2) is 0 Å². The van der Waals surface area contributed by atoms with Crippen LogP contribution in [0.15, 0.2) is 4.52 Å². The second-order valence-corrected chi connectivity index (χ2v) is 9.13. The Balaban J connectivity index is 1.54. The van der Waals surface area contributed by atoms with Gasteiger partial charge in [0.2, 0.25) is 0 Å². The maximum Gasteiger partial charge on any atom is 0.317 e. The van der Waals surface area contributed by atoms with E-state index in [0.29, 0.717) is 19.6 Å². The Morgan fingerprint density at radius 1 is 1.33 bits per heavy atom. The zero-order valence-electron chi connectivity index (χ0n) is 14.1. The van der Waals surface area contributed by atoms with E-state index in [1.54, 1.807) is 4.90 Å². The molecule has 2 heterocycles. The molecule has 3 rings (SSSR count). The lowest BCUT2D eigenvalue weighted by atomic mass is 9.96. The van der Waals surface area contributed by atoms with E-state index < -0.39 is 9.84 Å². The van der Waals surface area contributed by atoms with Crippen molar-refractivity contribution < 1.29 is 17.7 Å². The molecule has 2 aliphatic rings. The number of amides is 2. The molecule has 1 atom stereocenters. The molecular weight excluding hydrogens is 330 g/mol. The smallest absolute Gasteiger partial charge is 0.317 e. The van der Waals surface area contributed by atoms with Gasteiger partial charge in [0, 0.05) is 31.3 Å². The molecule has 1 saturated heterocycles. The molecule has 0 radical (unpaired) electrons. The molecule has 1 aromatic rings. The minimum atomic E-state index is -3.01. The molecule has 0 aromatic carbocycles. The summed E-state index contributed by atoms with van der Waals surface area (Å²) in [6.45, 7) is 1.53. The zero-order valence-corrected chi connectivity index (χ0v) is 14.9. The Labute approximate surface area is 142 Å². The number of aryl methyl sites for hydroxylation is 1. The molecule has 7 nitrogen and oxygen atoms in total. The Bertz CT molecular complexity index is 698.